The van der Waals surface area contributed by atoms with Crippen molar-refractivity contribution in [3.05, 3.63) is 65.2 Å². The first-order valence-corrected chi connectivity index (χ1v) is 12.8. The van der Waals surface area contributed by atoms with Crippen LogP contribution in [0, 0.1) is 6.92 Å². The lowest BCUT2D eigenvalue weighted by Gasteiger charge is -2.06. The van der Waals surface area contributed by atoms with Gasteiger partial charge in [0.05, 0.1) is 33.4 Å². The number of aromatic nitrogens is 3. The van der Waals surface area contributed by atoms with Crippen LogP contribution < -0.4 is 5.32 Å². The van der Waals surface area contributed by atoms with E-state index in [0.717, 1.165) is 26.1 Å². The second-order valence-electron chi connectivity index (χ2n) is 6.80. The van der Waals surface area contributed by atoms with Gasteiger partial charge in [0.1, 0.15) is 15.7 Å². The van der Waals surface area contributed by atoms with Crippen molar-refractivity contribution in [3.63, 3.8) is 0 Å². The summed E-state index contributed by atoms with van der Waals surface area (Å²) in [4.78, 5) is 30.8. The van der Waals surface area contributed by atoms with E-state index in [-0.39, 0.29) is 17.6 Å². The maximum absolute atomic E-state index is 12.3. The fourth-order valence-corrected chi connectivity index (χ4v) is 5.34. The number of thiophene rings is 1. The molecular weight excluding hydrogens is 476 g/mol. The molecule has 0 unspecified atom stereocenters. The summed E-state index contributed by atoms with van der Waals surface area (Å²) in [5.41, 5.74) is 2.74. The first-order valence-electron chi connectivity index (χ1n) is 10.1. The quantitative estimate of drug-likeness (QED) is 0.253. The first kappa shape index (κ1) is 23.1. The van der Waals surface area contributed by atoms with Crippen molar-refractivity contribution < 1.29 is 14.3 Å². The van der Waals surface area contributed by atoms with Crippen LogP contribution in [0.2, 0.25) is 0 Å². The van der Waals surface area contributed by atoms with Crippen molar-refractivity contribution in [2.45, 2.75) is 18.9 Å². The fourth-order valence-electron chi connectivity index (χ4n) is 2.90. The van der Waals surface area contributed by atoms with Crippen molar-refractivity contribution in [2.24, 2.45) is 0 Å². The molecule has 0 saturated heterocycles. The summed E-state index contributed by atoms with van der Waals surface area (Å²) in [7, 11) is 0. The molecule has 168 valence electrons. The Bertz CT molecular complexity index is 1240. The van der Waals surface area contributed by atoms with Crippen LogP contribution in [0.1, 0.15) is 23.0 Å². The molecule has 0 saturated carbocycles. The number of benzene rings is 1. The average Bonchev–Trinajstić information content (AvgIpc) is 3.49. The molecule has 0 spiro atoms. The van der Waals surface area contributed by atoms with Crippen molar-refractivity contribution >= 4 is 52.0 Å². The number of ether oxygens (including phenoxy) is 1. The zero-order valence-corrected chi connectivity index (χ0v) is 20.4. The maximum atomic E-state index is 12.3. The largest absolute Gasteiger partial charge is 0.462 e. The van der Waals surface area contributed by atoms with E-state index in [1.807, 2.05) is 30.5 Å². The molecule has 0 fully saturated rings. The Balaban J connectivity index is 1.32. The van der Waals surface area contributed by atoms with Gasteiger partial charge in [0, 0.05) is 5.69 Å². The van der Waals surface area contributed by atoms with Gasteiger partial charge in [-0.3, -0.25) is 4.79 Å². The summed E-state index contributed by atoms with van der Waals surface area (Å²) >= 11 is 4.56. The van der Waals surface area contributed by atoms with Crippen LogP contribution in [0.15, 0.2) is 58.9 Å². The van der Waals surface area contributed by atoms with Gasteiger partial charge in [-0.05, 0) is 61.7 Å². The van der Waals surface area contributed by atoms with Gasteiger partial charge in [-0.2, -0.15) is 0 Å². The van der Waals surface area contributed by atoms with E-state index in [1.165, 1.54) is 11.8 Å². The van der Waals surface area contributed by atoms with Crippen molar-refractivity contribution in [2.75, 3.05) is 17.7 Å². The highest BCUT2D eigenvalue weighted by Gasteiger charge is 2.14. The fraction of sp³-hybridized carbons (Fsp3) is 0.174. The number of esters is 1. The van der Waals surface area contributed by atoms with E-state index in [0.29, 0.717) is 22.9 Å². The van der Waals surface area contributed by atoms with Crippen LogP contribution in [0.5, 0.6) is 0 Å². The summed E-state index contributed by atoms with van der Waals surface area (Å²) in [5, 5.41) is 15.1. The number of thiazole rings is 1. The van der Waals surface area contributed by atoms with Crippen LogP contribution in [0.25, 0.3) is 20.5 Å². The molecule has 0 aliphatic rings. The number of nitrogens with zero attached hydrogens (tertiary/aromatic N) is 3. The lowest BCUT2D eigenvalue weighted by atomic mass is 10.2. The molecular formula is C23H20N4O3S3. The van der Waals surface area contributed by atoms with E-state index < -0.39 is 0 Å². The van der Waals surface area contributed by atoms with Gasteiger partial charge in [0.25, 0.3) is 0 Å². The molecule has 7 nitrogen and oxygen atoms in total. The molecule has 3 heterocycles. The van der Waals surface area contributed by atoms with Gasteiger partial charge < -0.3 is 10.1 Å². The third-order valence-corrected chi connectivity index (χ3v) is 7.57. The lowest BCUT2D eigenvalue weighted by Crippen LogP contribution is -2.14. The van der Waals surface area contributed by atoms with Crippen LogP contribution in [0.4, 0.5) is 5.69 Å². The van der Waals surface area contributed by atoms with Gasteiger partial charge in [-0.25, -0.2) is 9.78 Å². The number of carbonyl (C=O) groups is 2. The highest BCUT2D eigenvalue weighted by Crippen LogP contribution is 2.36. The molecule has 1 aromatic carbocycles. The molecule has 4 aromatic rings. The molecule has 1 amide bonds. The van der Waals surface area contributed by atoms with Crippen molar-refractivity contribution in [3.8, 4) is 20.5 Å². The lowest BCUT2D eigenvalue weighted by molar-refractivity contribution is -0.113. The van der Waals surface area contributed by atoms with Crippen molar-refractivity contribution in [1.82, 2.24) is 15.2 Å². The third kappa shape index (κ3) is 5.84. The number of thioether (sulfide) groups is 1. The normalized spacial score (nSPS) is 10.7. The van der Waals surface area contributed by atoms with Crippen LogP contribution >= 0.6 is 34.4 Å². The second-order valence-corrected chi connectivity index (χ2v) is 9.74. The number of carbonyl (C=O) groups excluding carboxylic acids is 2. The molecule has 0 aliphatic carbocycles. The minimum Gasteiger partial charge on any atom is -0.462 e. The van der Waals surface area contributed by atoms with Crippen LogP contribution in [0.3, 0.4) is 0 Å². The zero-order valence-electron chi connectivity index (χ0n) is 17.9. The SMILES string of the molecule is CCOC(=O)c1ccc(NC(=O)CSc2ccc(-c3sc(-c4cccs4)nc3C)nn2)cc1. The second kappa shape index (κ2) is 10.7. The van der Waals surface area contributed by atoms with Gasteiger partial charge >= 0.3 is 5.97 Å². The van der Waals surface area contributed by atoms with Gasteiger partial charge in [-0.15, -0.1) is 32.9 Å². The zero-order chi connectivity index (χ0) is 23.2. The van der Waals surface area contributed by atoms with Crippen LogP contribution in [-0.4, -0.2) is 39.4 Å². The van der Waals surface area contributed by atoms with Gasteiger partial charge in [0.15, 0.2) is 0 Å². The summed E-state index contributed by atoms with van der Waals surface area (Å²) < 4.78 is 4.95. The number of rotatable bonds is 8. The maximum Gasteiger partial charge on any atom is 0.338 e. The molecule has 3 aromatic heterocycles. The molecule has 10 heteroatoms. The summed E-state index contributed by atoms with van der Waals surface area (Å²) in [6.45, 7) is 4.04. The molecule has 33 heavy (non-hydrogen) atoms. The van der Waals surface area contributed by atoms with E-state index in [9.17, 15) is 9.59 Å². The Morgan fingerprint density at radius 1 is 1.09 bits per heavy atom. The first-order chi connectivity index (χ1) is 16.0. The molecule has 0 aliphatic heterocycles. The van der Waals surface area contributed by atoms with Gasteiger partial charge in [-0.1, -0.05) is 17.8 Å². The number of amides is 1. The highest BCUT2D eigenvalue weighted by atomic mass is 32.2. The predicted molar refractivity (Wildman–Crippen MR) is 133 cm³/mol. The van der Waals surface area contributed by atoms with Gasteiger partial charge in [0.2, 0.25) is 5.91 Å². The Hall–Kier alpha value is -3.08. The predicted octanol–water partition coefficient (Wildman–Crippen LogP) is 5.54. The minimum absolute atomic E-state index is 0.173. The van der Waals surface area contributed by atoms with E-state index in [1.54, 1.807) is 53.9 Å². The van der Waals surface area contributed by atoms with E-state index >= 15 is 0 Å². The Morgan fingerprint density at radius 2 is 1.91 bits per heavy atom. The molecule has 0 bridgehead atoms. The Kier molecular flexibility index (Phi) is 7.48. The smallest absolute Gasteiger partial charge is 0.338 e. The Morgan fingerprint density at radius 3 is 2.58 bits per heavy atom. The summed E-state index contributed by atoms with van der Waals surface area (Å²) in [6, 6.07) is 14.4. The molecule has 0 atom stereocenters. The molecule has 4 rings (SSSR count). The number of aryl methyl sites for hydroxylation is 1. The molecule has 0 radical (unpaired) electrons. The highest BCUT2D eigenvalue weighted by molar-refractivity contribution is 7.99. The number of hydrogen-bond acceptors (Lipinski definition) is 9. The van der Waals surface area contributed by atoms with Crippen molar-refractivity contribution in [1.29, 1.82) is 0 Å². The summed E-state index contributed by atoms with van der Waals surface area (Å²) in [5.74, 6) is -0.367. The number of anilines is 1. The summed E-state index contributed by atoms with van der Waals surface area (Å²) in [6.07, 6.45) is 0. The van der Waals surface area contributed by atoms with E-state index in [2.05, 4.69) is 26.6 Å². The Labute approximate surface area is 203 Å². The monoisotopic (exact) mass is 496 g/mol. The van der Waals surface area contributed by atoms with E-state index in [4.69, 9.17) is 4.74 Å². The number of nitrogens with one attached hydrogen (secondary N) is 1. The minimum atomic E-state index is -0.385. The van der Waals surface area contributed by atoms with Crippen LogP contribution in [-0.2, 0) is 9.53 Å². The topological polar surface area (TPSA) is 94.1 Å². The third-order valence-electron chi connectivity index (χ3n) is 4.43. The molecule has 1 N–H and O–H groups in total. The standard InChI is InChI=1S/C23H20N4O3S3/c1-3-30-23(29)15-6-8-16(9-7-15)25-19(28)13-32-20-11-10-17(26-27-20)21-14(2)24-22(33-21)18-5-4-12-31-18/h4-12H,3,13H2,1-2H3,(H,25,28). The average molecular weight is 497 g/mol. The number of hydrogen-bond donors (Lipinski definition) is 1.